The van der Waals surface area contributed by atoms with E-state index in [1.807, 2.05) is 17.8 Å². The highest BCUT2D eigenvalue weighted by atomic mass is 32.2. The number of carbonyl (C=O) groups is 1. The molecule has 0 radical (unpaired) electrons. The summed E-state index contributed by atoms with van der Waals surface area (Å²) in [6.45, 7) is 6.20. The molecule has 3 nitrogen and oxygen atoms in total. The van der Waals surface area contributed by atoms with Crippen molar-refractivity contribution in [2.24, 2.45) is 0 Å². The Bertz CT molecular complexity index is 699. The Morgan fingerprint density at radius 1 is 1.21 bits per heavy atom. The summed E-state index contributed by atoms with van der Waals surface area (Å²) in [4.78, 5) is 15.9. The van der Waals surface area contributed by atoms with Gasteiger partial charge in [0.05, 0.1) is 12.2 Å². The van der Waals surface area contributed by atoms with Crippen LogP contribution >= 0.6 is 11.8 Å². The highest BCUT2D eigenvalue weighted by Crippen LogP contribution is 2.39. The second kappa shape index (κ2) is 7.75. The number of nitrogens with zero attached hydrogens (tertiary/aromatic N) is 1. The lowest BCUT2D eigenvalue weighted by atomic mass is 10.1. The molecule has 0 saturated heterocycles. The van der Waals surface area contributed by atoms with E-state index >= 15 is 0 Å². The lowest BCUT2D eigenvalue weighted by molar-refractivity contribution is -0.119. The Balaban J connectivity index is 1.62. The second-order valence-corrected chi connectivity index (χ2v) is 7.60. The number of fused-ring (bicyclic) bond motifs is 1. The Morgan fingerprint density at radius 3 is 2.71 bits per heavy atom. The van der Waals surface area contributed by atoms with Crippen LogP contribution < -0.4 is 10.2 Å². The maximum Gasteiger partial charge on any atom is 0.239 e. The standard InChI is InChI=1S/C20H24N2OS/c1-3-17-13-22(18-6-4-5-7-19(18)24-17)14-20(23)21-12-16-10-8-15(2)9-11-16/h4-11,17H,3,12-14H2,1-2H3,(H,21,23). The fraction of sp³-hybridized carbons (Fsp3) is 0.350. The number of rotatable bonds is 5. The van der Waals surface area contributed by atoms with Crippen LogP contribution in [0.3, 0.4) is 0 Å². The van der Waals surface area contributed by atoms with Crippen LogP contribution in [0.25, 0.3) is 0 Å². The Morgan fingerprint density at radius 2 is 1.96 bits per heavy atom. The van der Waals surface area contributed by atoms with E-state index in [9.17, 15) is 4.79 Å². The third-order valence-corrected chi connectivity index (χ3v) is 5.74. The topological polar surface area (TPSA) is 32.3 Å². The second-order valence-electron chi connectivity index (χ2n) is 6.26. The first-order valence-electron chi connectivity index (χ1n) is 8.48. The van der Waals surface area contributed by atoms with Crippen LogP contribution in [0.4, 0.5) is 5.69 Å². The van der Waals surface area contributed by atoms with Crippen LogP contribution in [-0.2, 0) is 11.3 Å². The third-order valence-electron chi connectivity index (χ3n) is 4.32. The average molecular weight is 340 g/mol. The van der Waals surface area contributed by atoms with E-state index in [0.29, 0.717) is 18.3 Å². The summed E-state index contributed by atoms with van der Waals surface area (Å²) in [6, 6.07) is 16.7. The molecule has 3 rings (SSSR count). The first kappa shape index (κ1) is 16.9. The smallest absolute Gasteiger partial charge is 0.239 e. The minimum absolute atomic E-state index is 0.0760. The normalized spacial score (nSPS) is 16.6. The number of anilines is 1. The number of nitrogens with one attached hydrogen (secondary N) is 1. The summed E-state index contributed by atoms with van der Waals surface area (Å²) in [7, 11) is 0. The summed E-state index contributed by atoms with van der Waals surface area (Å²) in [5, 5.41) is 3.59. The quantitative estimate of drug-likeness (QED) is 0.893. The largest absolute Gasteiger partial charge is 0.360 e. The van der Waals surface area contributed by atoms with Crippen molar-refractivity contribution in [2.75, 3.05) is 18.0 Å². The molecule has 1 aliphatic rings. The van der Waals surface area contributed by atoms with Gasteiger partial charge in [-0.25, -0.2) is 0 Å². The number of amides is 1. The minimum Gasteiger partial charge on any atom is -0.360 e. The molecule has 0 fully saturated rings. The average Bonchev–Trinajstić information content (AvgIpc) is 2.61. The monoisotopic (exact) mass is 340 g/mol. The molecule has 1 heterocycles. The molecule has 2 aromatic rings. The van der Waals surface area contributed by atoms with Gasteiger partial charge >= 0.3 is 0 Å². The van der Waals surface area contributed by atoms with Crippen LogP contribution in [0.15, 0.2) is 53.4 Å². The number of para-hydroxylation sites is 1. The van der Waals surface area contributed by atoms with Crippen LogP contribution in [-0.4, -0.2) is 24.2 Å². The molecule has 0 aromatic heterocycles. The molecule has 1 aliphatic heterocycles. The fourth-order valence-corrected chi connectivity index (χ4v) is 4.13. The van der Waals surface area contributed by atoms with Gasteiger partial charge < -0.3 is 10.2 Å². The van der Waals surface area contributed by atoms with Crippen molar-refractivity contribution in [1.29, 1.82) is 0 Å². The summed E-state index contributed by atoms with van der Waals surface area (Å²) in [5.41, 5.74) is 3.55. The molecule has 0 spiro atoms. The molecule has 1 amide bonds. The zero-order valence-corrected chi connectivity index (χ0v) is 15.1. The van der Waals surface area contributed by atoms with E-state index in [-0.39, 0.29) is 5.91 Å². The molecule has 1 N–H and O–H groups in total. The van der Waals surface area contributed by atoms with Gasteiger partial charge in [-0.1, -0.05) is 48.9 Å². The van der Waals surface area contributed by atoms with Gasteiger partial charge in [-0.15, -0.1) is 11.8 Å². The summed E-state index contributed by atoms with van der Waals surface area (Å²) in [6.07, 6.45) is 1.11. The van der Waals surface area contributed by atoms with Crippen molar-refractivity contribution in [3.05, 3.63) is 59.7 Å². The Kier molecular flexibility index (Phi) is 5.46. The number of hydrogen-bond donors (Lipinski definition) is 1. The maximum atomic E-state index is 12.4. The Labute approximate surface area is 148 Å². The van der Waals surface area contributed by atoms with Crippen molar-refractivity contribution >= 4 is 23.4 Å². The van der Waals surface area contributed by atoms with E-state index in [2.05, 4.69) is 66.5 Å². The van der Waals surface area contributed by atoms with E-state index < -0.39 is 0 Å². The lowest BCUT2D eigenvalue weighted by Crippen LogP contribution is -2.42. The van der Waals surface area contributed by atoms with Crippen LogP contribution in [0.1, 0.15) is 24.5 Å². The zero-order valence-electron chi connectivity index (χ0n) is 14.3. The van der Waals surface area contributed by atoms with Gasteiger partial charge in [0.2, 0.25) is 5.91 Å². The van der Waals surface area contributed by atoms with Crippen molar-refractivity contribution in [3.63, 3.8) is 0 Å². The number of carbonyl (C=O) groups excluding carboxylic acids is 1. The lowest BCUT2D eigenvalue weighted by Gasteiger charge is -2.34. The molecule has 2 aromatic carbocycles. The van der Waals surface area contributed by atoms with Crippen molar-refractivity contribution < 1.29 is 4.79 Å². The predicted molar refractivity (Wildman–Crippen MR) is 102 cm³/mol. The van der Waals surface area contributed by atoms with Crippen molar-refractivity contribution in [3.8, 4) is 0 Å². The Hall–Kier alpha value is -1.94. The van der Waals surface area contributed by atoms with E-state index in [1.165, 1.54) is 16.1 Å². The molecule has 0 saturated carbocycles. The van der Waals surface area contributed by atoms with E-state index in [4.69, 9.17) is 0 Å². The van der Waals surface area contributed by atoms with Crippen molar-refractivity contribution in [1.82, 2.24) is 5.32 Å². The van der Waals surface area contributed by atoms with Gasteiger partial charge in [-0.2, -0.15) is 0 Å². The summed E-state index contributed by atoms with van der Waals surface area (Å²) in [5.74, 6) is 0.0760. The number of aryl methyl sites for hydroxylation is 1. The van der Waals surface area contributed by atoms with Gasteiger partial charge in [0.25, 0.3) is 0 Å². The van der Waals surface area contributed by atoms with Gasteiger partial charge in [-0.3, -0.25) is 4.79 Å². The highest BCUT2D eigenvalue weighted by Gasteiger charge is 2.25. The first-order chi connectivity index (χ1) is 11.7. The van der Waals surface area contributed by atoms with Gasteiger partial charge in [0, 0.05) is 23.2 Å². The summed E-state index contributed by atoms with van der Waals surface area (Å²) >= 11 is 1.93. The number of benzene rings is 2. The SMILES string of the molecule is CCC1CN(CC(=O)NCc2ccc(C)cc2)c2ccccc2S1. The predicted octanol–water partition coefficient (Wildman–Crippen LogP) is 4.00. The molecular weight excluding hydrogens is 316 g/mol. The number of thioether (sulfide) groups is 1. The molecule has 0 aliphatic carbocycles. The molecule has 1 atom stereocenters. The van der Waals surface area contributed by atoms with Crippen LogP contribution in [0.5, 0.6) is 0 Å². The van der Waals surface area contributed by atoms with E-state index in [0.717, 1.165) is 18.5 Å². The summed E-state index contributed by atoms with van der Waals surface area (Å²) < 4.78 is 0. The molecule has 4 heteroatoms. The van der Waals surface area contributed by atoms with E-state index in [1.54, 1.807) is 0 Å². The molecule has 126 valence electrons. The molecule has 24 heavy (non-hydrogen) atoms. The molecule has 0 bridgehead atoms. The zero-order chi connectivity index (χ0) is 16.9. The minimum atomic E-state index is 0.0760. The first-order valence-corrected chi connectivity index (χ1v) is 9.36. The van der Waals surface area contributed by atoms with Crippen LogP contribution in [0, 0.1) is 6.92 Å². The maximum absolute atomic E-state index is 12.4. The molecular formula is C20H24N2OS. The highest BCUT2D eigenvalue weighted by molar-refractivity contribution is 8.00. The number of hydrogen-bond acceptors (Lipinski definition) is 3. The fourth-order valence-electron chi connectivity index (χ4n) is 2.88. The van der Waals surface area contributed by atoms with Crippen molar-refractivity contribution in [2.45, 2.75) is 37.0 Å². The molecule has 1 unspecified atom stereocenters. The van der Waals surface area contributed by atoms with Gasteiger partial charge in [0.1, 0.15) is 0 Å². The van der Waals surface area contributed by atoms with Gasteiger partial charge in [-0.05, 0) is 31.0 Å². The van der Waals surface area contributed by atoms with Crippen LogP contribution in [0.2, 0.25) is 0 Å². The third kappa shape index (κ3) is 4.12. The van der Waals surface area contributed by atoms with Gasteiger partial charge in [0.15, 0.2) is 0 Å².